The van der Waals surface area contributed by atoms with E-state index in [2.05, 4.69) is 5.32 Å². The fourth-order valence-corrected chi connectivity index (χ4v) is 2.70. The van der Waals surface area contributed by atoms with Crippen LogP contribution in [0, 0.1) is 13.8 Å². The Balaban J connectivity index is 1.89. The van der Waals surface area contributed by atoms with E-state index in [0.29, 0.717) is 12.2 Å². The number of hydrogen-bond acceptors (Lipinski definition) is 4. The van der Waals surface area contributed by atoms with E-state index in [-0.39, 0.29) is 18.4 Å². The van der Waals surface area contributed by atoms with Gasteiger partial charge < -0.3 is 25.3 Å². The summed E-state index contributed by atoms with van der Waals surface area (Å²) in [6.07, 6.45) is 1.88. The fraction of sp³-hybridized carbons (Fsp3) is 0.529. The molecule has 1 aliphatic rings. The third kappa shape index (κ3) is 5.04. The zero-order valence-electron chi connectivity index (χ0n) is 13.6. The van der Waals surface area contributed by atoms with Crippen LogP contribution in [0.4, 0.5) is 5.69 Å². The molecule has 0 radical (unpaired) electrons. The van der Waals surface area contributed by atoms with Gasteiger partial charge in [-0.05, 0) is 43.9 Å². The number of carboxylic acid groups (broad SMARTS) is 1. The van der Waals surface area contributed by atoms with E-state index >= 15 is 0 Å². The molecular formula is C17H24N2O4. The first-order valence-electron chi connectivity index (χ1n) is 7.99. The standard InChI is InChI=1S/C17H24N2O4/c1-11-5-3-7-14(12(11)2)19-16(20)9-15(17(21)22)18-10-13-6-4-8-23-13/h3,5,7,13,15,18H,4,6,8-10H2,1-2H3,(H,19,20)(H,21,22)/t13-,15+/m0/s1. The average molecular weight is 320 g/mol. The highest BCUT2D eigenvalue weighted by Gasteiger charge is 2.23. The number of aryl methyl sites for hydroxylation is 1. The zero-order chi connectivity index (χ0) is 16.8. The van der Waals surface area contributed by atoms with E-state index in [1.54, 1.807) is 5.32 Å². The average Bonchev–Trinajstić information content (AvgIpc) is 3.01. The highest BCUT2D eigenvalue weighted by Crippen LogP contribution is 2.18. The number of hydrogen-bond donors (Lipinski definition) is 2. The van der Waals surface area contributed by atoms with Crippen LogP contribution in [-0.4, -0.2) is 37.2 Å². The molecule has 1 aliphatic heterocycles. The van der Waals surface area contributed by atoms with Crippen molar-refractivity contribution in [2.45, 2.75) is 45.3 Å². The number of ether oxygens (including phenoxy) is 1. The lowest BCUT2D eigenvalue weighted by atomic mass is 10.1. The molecule has 1 aromatic carbocycles. The highest BCUT2D eigenvalue weighted by molar-refractivity contribution is 5.94. The van der Waals surface area contributed by atoms with Gasteiger partial charge in [0, 0.05) is 12.3 Å². The second-order valence-electron chi connectivity index (χ2n) is 6.03. The summed E-state index contributed by atoms with van der Waals surface area (Å²) >= 11 is 0. The number of carbonyl (C=O) groups is 2. The lowest BCUT2D eigenvalue weighted by Gasteiger charge is -2.18. The Morgan fingerprint density at radius 2 is 2.22 bits per heavy atom. The van der Waals surface area contributed by atoms with E-state index < -0.39 is 12.0 Å². The monoisotopic (exact) mass is 320 g/mol. The van der Waals surface area contributed by atoms with Gasteiger partial charge in [-0.25, -0.2) is 0 Å². The van der Waals surface area contributed by atoms with Crippen molar-refractivity contribution in [3.05, 3.63) is 29.3 Å². The number of carboxylic acids is 1. The molecule has 126 valence electrons. The van der Waals surface area contributed by atoms with Crippen LogP contribution < -0.4 is 15.7 Å². The second-order valence-corrected chi connectivity index (χ2v) is 6.03. The number of amides is 1. The Morgan fingerprint density at radius 3 is 2.87 bits per heavy atom. The van der Waals surface area contributed by atoms with Crippen LogP contribution in [0.5, 0.6) is 0 Å². The van der Waals surface area contributed by atoms with E-state index in [4.69, 9.17) is 4.74 Å². The summed E-state index contributed by atoms with van der Waals surface area (Å²) in [6, 6.07) is 4.73. The molecule has 1 heterocycles. The van der Waals surface area contributed by atoms with Gasteiger partial charge in [0.2, 0.25) is 5.91 Å². The van der Waals surface area contributed by atoms with Gasteiger partial charge in [0.25, 0.3) is 0 Å². The first kappa shape index (κ1) is 17.4. The summed E-state index contributed by atoms with van der Waals surface area (Å²) in [4.78, 5) is 23.4. The van der Waals surface area contributed by atoms with Crippen LogP contribution in [0.15, 0.2) is 18.2 Å². The third-order valence-corrected chi connectivity index (χ3v) is 4.29. The molecule has 1 amide bonds. The van der Waals surface area contributed by atoms with Crippen LogP contribution >= 0.6 is 0 Å². The van der Waals surface area contributed by atoms with Crippen molar-refractivity contribution in [2.24, 2.45) is 0 Å². The summed E-state index contributed by atoms with van der Waals surface area (Å²) in [6.45, 7) is 5.14. The lowest BCUT2D eigenvalue weighted by Crippen LogP contribution is -2.94. The van der Waals surface area contributed by atoms with Gasteiger partial charge in [-0.2, -0.15) is 0 Å². The Hall–Kier alpha value is -1.92. The molecule has 0 unspecified atom stereocenters. The van der Waals surface area contributed by atoms with Crippen molar-refractivity contribution in [3.8, 4) is 0 Å². The van der Waals surface area contributed by atoms with Crippen LogP contribution in [0.3, 0.4) is 0 Å². The number of nitrogens with one attached hydrogen (secondary N) is 1. The molecule has 0 aliphatic carbocycles. The first-order valence-corrected chi connectivity index (χ1v) is 7.99. The maximum absolute atomic E-state index is 12.1. The summed E-state index contributed by atoms with van der Waals surface area (Å²) in [7, 11) is 0. The molecule has 3 N–H and O–H groups in total. The smallest absolute Gasteiger partial charge is 0.230 e. The maximum atomic E-state index is 12.1. The predicted molar refractivity (Wildman–Crippen MR) is 83.7 cm³/mol. The Kier molecular flexibility index (Phi) is 6.12. The number of carbonyl (C=O) groups excluding carboxylic acids is 2. The van der Waals surface area contributed by atoms with Gasteiger partial charge in [-0.1, -0.05) is 12.1 Å². The van der Waals surface area contributed by atoms with Gasteiger partial charge in [-0.15, -0.1) is 0 Å². The van der Waals surface area contributed by atoms with Crippen molar-refractivity contribution in [1.82, 2.24) is 0 Å². The number of aliphatic carboxylic acids is 1. The highest BCUT2D eigenvalue weighted by atomic mass is 16.5. The summed E-state index contributed by atoms with van der Waals surface area (Å²) < 4.78 is 5.47. The molecule has 1 aromatic rings. The van der Waals surface area contributed by atoms with Gasteiger partial charge in [0.15, 0.2) is 0 Å². The topological polar surface area (TPSA) is 95.1 Å². The molecule has 0 aromatic heterocycles. The summed E-state index contributed by atoms with van der Waals surface area (Å²) in [5, 5.41) is 15.7. The minimum Gasteiger partial charge on any atom is -0.544 e. The van der Waals surface area contributed by atoms with Crippen molar-refractivity contribution in [2.75, 3.05) is 18.5 Å². The molecule has 2 rings (SSSR count). The van der Waals surface area contributed by atoms with Crippen LogP contribution in [0.2, 0.25) is 0 Å². The molecule has 0 bridgehead atoms. The van der Waals surface area contributed by atoms with E-state index in [9.17, 15) is 14.7 Å². The maximum Gasteiger partial charge on any atom is 0.230 e. The number of benzene rings is 1. The first-order chi connectivity index (χ1) is 11.0. The van der Waals surface area contributed by atoms with E-state index in [1.165, 1.54) is 0 Å². The second kappa shape index (κ2) is 8.08. The Morgan fingerprint density at radius 1 is 1.43 bits per heavy atom. The zero-order valence-corrected chi connectivity index (χ0v) is 13.6. The Bertz CT molecular complexity index is 568. The minimum atomic E-state index is -1.22. The van der Waals surface area contributed by atoms with Crippen molar-refractivity contribution in [1.29, 1.82) is 0 Å². The van der Waals surface area contributed by atoms with Gasteiger partial charge in [0.05, 0.1) is 12.4 Å². The van der Waals surface area contributed by atoms with Gasteiger partial charge in [0.1, 0.15) is 18.7 Å². The number of quaternary nitrogens is 1. The molecule has 0 spiro atoms. The molecule has 0 saturated carbocycles. The quantitative estimate of drug-likeness (QED) is 0.707. The van der Waals surface area contributed by atoms with Gasteiger partial charge in [-0.3, -0.25) is 4.79 Å². The minimum absolute atomic E-state index is 0.0685. The summed E-state index contributed by atoms with van der Waals surface area (Å²) in [5.41, 5.74) is 2.77. The Labute approximate surface area is 136 Å². The number of anilines is 1. The lowest BCUT2D eigenvalue weighted by molar-refractivity contribution is -0.687. The third-order valence-electron chi connectivity index (χ3n) is 4.29. The van der Waals surface area contributed by atoms with Gasteiger partial charge >= 0.3 is 0 Å². The van der Waals surface area contributed by atoms with Crippen molar-refractivity contribution in [3.63, 3.8) is 0 Å². The van der Waals surface area contributed by atoms with Crippen LogP contribution in [0.25, 0.3) is 0 Å². The van der Waals surface area contributed by atoms with Crippen molar-refractivity contribution < 1.29 is 24.7 Å². The summed E-state index contributed by atoms with van der Waals surface area (Å²) in [5.74, 6) is -1.55. The van der Waals surface area contributed by atoms with E-state index in [1.807, 2.05) is 32.0 Å². The molecule has 6 nitrogen and oxygen atoms in total. The molecule has 2 atom stereocenters. The molecule has 6 heteroatoms. The normalized spacial score (nSPS) is 18.6. The fourth-order valence-electron chi connectivity index (χ4n) is 2.70. The molecule has 1 saturated heterocycles. The van der Waals surface area contributed by atoms with Crippen LogP contribution in [-0.2, 0) is 14.3 Å². The largest absolute Gasteiger partial charge is 0.544 e. The molecular weight excluding hydrogens is 296 g/mol. The molecule has 1 fully saturated rings. The number of nitrogens with two attached hydrogens (primary N) is 1. The molecule has 23 heavy (non-hydrogen) atoms. The van der Waals surface area contributed by atoms with Crippen LogP contribution in [0.1, 0.15) is 30.4 Å². The predicted octanol–water partition coefficient (Wildman–Crippen LogP) is -0.507. The SMILES string of the molecule is Cc1cccc(NC(=O)C[C@@H]([NH2+]C[C@@H]2CCCO2)C(=O)[O-])c1C. The number of rotatable bonds is 7. The van der Waals surface area contributed by atoms with Crippen molar-refractivity contribution >= 4 is 17.6 Å². The van der Waals surface area contributed by atoms with E-state index in [0.717, 1.165) is 30.6 Å².